The van der Waals surface area contributed by atoms with Gasteiger partial charge in [0.05, 0.1) is 5.92 Å². The van der Waals surface area contributed by atoms with E-state index in [0.717, 1.165) is 0 Å². The Hall–Kier alpha value is -2.37. The molecular formula is C19H25NO5. The Morgan fingerprint density at radius 2 is 1.68 bits per heavy atom. The molecule has 0 saturated carbocycles. The number of nitrogens with zero attached hydrogens (tertiary/aromatic N) is 1. The van der Waals surface area contributed by atoms with Gasteiger partial charge in [0.1, 0.15) is 5.60 Å². The fourth-order valence-corrected chi connectivity index (χ4v) is 2.59. The van der Waals surface area contributed by atoms with Gasteiger partial charge in [0.15, 0.2) is 12.4 Å². The van der Waals surface area contributed by atoms with Gasteiger partial charge in [-0.1, -0.05) is 30.3 Å². The van der Waals surface area contributed by atoms with Gasteiger partial charge in [-0.2, -0.15) is 0 Å². The van der Waals surface area contributed by atoms with E-state index in [1.165, 1.54) is 0 Å². The summed E-state index contributed by atoms with van der Waals surface area (Å²) in [6.07, 6.45) is 0.661. The van der Waals surface area contributed by atoms with Crippen LogP contribution in [-0.4, -0.2) is 48.0 Å². The molecule has 1 fully saturated rings. The van der Waals surface area contributed by atoms with Gasteiger partial charge in [-0.15, -0.1) is 0 Å². The van der Waals surface area contributed by atoms with Crippen LogP contribution in [0.1, 0.15) is 44.0 Å². The number of hydrogen-bond acceptors (Lipinski definition) is 5. The second kappa shape index (κ2) is 8.14. The zero-order valence-electron chi connectivity index (χ0n) is 15.0. The zero-order valence-corrected chi connectivity index (χ0v) is 15.0. The van der Waals surface area contributed by atoms with E-state index >= 15 is 0 Å². The molecule has 136 valence electrons. The Morgan fingerprint density at radius 1 is 1.08 bits per heavy atom. The summed E-state index contributed by atoms with van der Waals surface area (Å²) in [7, 11) is 0. The van der Waals surface area contributed by atoms with Crippen LogP contribution in [0.15, 0.2) is 30.3 Å². The van der Waals surface area contributed by atoms with Crippen LogP contribution in [0.25, 0.3) is 0 Å². The Balaban J connectivity index is 1.76. The molecule has 1 aromatic carbocycles. The van der Waals surface area contributed by atoms with Crippen molar-refractivity contribution >= 4 is 17.8 Å². The van der Waals surface area contributed by atoms with Crippen molar-refractivity contribution in [3.8, 4) is 0 Å². The first-order valence-corrected chi connectivity index (χ1v) is 8.49. The molecule has 0 aliphatic carbocycles. The molecule has 0 bridgehead atoms. The number of rotatable bonds is 4. The fraction of sp³-hybridized carbons (Fsp3) is 0.526. The SMILES string of the molecule is CC(C)(C)OC(=O)N1CCC(C(=O)OCC(=O)c2ccccc2)CC1. The smallest absolute Gasteiger partial charge is 0.410 e. The normalized spacial score (nSPS) is 15.6. The molecule has 1 aromatic rings. The van der Waals surface area contributed by atoms with Gasteiger partial charge >= 0.3 is 12.1 Å². The quantitative estimate of drug-likeness (QED) is 0.618. The number of likely N-dealkylation sites (tertiary alicyclic amines) is 1. The lowest BCUT2D eigenvalue weighted by Gasteiger charge is -2.32. The molecule has 2 rings (SSSR count). The average Bonchev–Trinajstić information content (AvgIpc) is 2.58. The van der Waals surface area contributed by atoms with E-state index in [4.69, 9.17) is 9.47 Å². The van der Waals surface area contributed by atoms with Crippen LogP contribution in [0.3, 0.4) is 0 Å². The number of Topliss-reactive ketones (excluding diaryl/α,β-unsaturated/α-hetero) is 1. The Labute approximate surface area is 148 Å². The predicted octanol–water partition coefficient (Wildman–Crippen LogP) is 3.06. The summed E-state index contributed by atoms with van der Waals surface area (Å²) in [6.45, 7) is 6.09. The minimum atomic E-state index is -0.537. The molecule has 1 aliphatic rings. The summed E-state index contributed by atoms with van der Waals surface area (Å²) < 4.78 is 10.5. The number of hydrogen-bond donors (Lipinski definition) is 0. The highest BCUT2D eigenvalue weighted by Gasteiger charge is 2.30. The predicted molar refractivity (Wildman–Crippen MR) is 92.3 cm³/mol. The number of amides is 1. The molecular weight excluding hydrogens is 322 g/mol. The molecule has 6 heteroatoms. The number of carbonyl (C=O) groups is 3. The largest absolute Gasteiger partial charge is 0.457 e. The number of esters is 1. The third-order valence-electron chi connectivity index (χ3n) is 3.92. The standard InChI is InChI=1S/C19H25NO5/c1-19(2,3)25-18(23)20-11-9-15(10-12-20)17(22)24-13-16(21)14-7-5-4-6-8-14/h4-8,15H,9-13H2,1-3H3. The molecule has 0 N–H and O–H groups in total. The van der Waals surface area contributed by atoms with Crippen LogP contribution in [0.5, 0.6) is 0 Å². The number of benzene rings is 1. The molecule has 0 aromatic heterocycles. The second-order valence-electron chi connectivity index (χ2n) is 7.14. The summed E-state index contributed by atoms with van der Waals surface area (Å²) in [5.74, 6) is -0.893. The lowest BCUT2D eigenvalue weighted by atomic mass is 9.97. The minimum absolute atomic E-state index is 0.222. The summed E-state index contributed by atoms with van der Waals surface area (Å²) in [4.78, 5) is 37.7. The van der Waals surface area contributed by atoms with Crippen molar-refractivity contribution < 1.29 is 23.9 Å². The van der Waals surface area contributed by atoms with Gasteiger partial charge in [-0.25, -0.2) is 4.79 Å². The lowest BCUT2D eigenvalue weighted by Crippen LogP contribution is -2.43. The Bertz CT molecular complexity index is 612. The third-order valence-corrected chi connectivity index (χ3v) is 3.92. The van der Waals surface area contributed by atoms with Crippen LogP contribution in [-0.2, 0) is 14.3 Å². The van der Waals surface area contributed by atoms with Crippen molar-refractivity contribution in [1.82, 2.24) is 4.90 Å². The van der Waals surface area contributed by atoms with E-state index in [1.807, 2.05) is 26.8 Å². The van der Waals surface area contributed by atoms with Crippen molar-refractivity contribution in [2.75, 3.05) is 19.7 Å². The van der Waals surface area contributed by atoms with Gasteiger partial charge < -0.3 is 14.4 Å². The van der Waals surface area contributed by atoms with Crippen LogP contribution >= 0.6 is 0 Å². The van der Waals surface area contributed by atoms with Crippen LogP contribution in [0.4, 0.5) is 4.79 Å². The van der Waals surface area contributed by atoms with Crippen LogP contribution in [0.2, 0.25) is 0 Å². The zero-order chi connectivity index (χ0) is 18.4. The van der Waals surface area contributed by atoms with E-state index < -0.39 is 5.60 Å². The molecule has 25 heavy (non-hydrogen) atoms. The molecule has 0 radical (unpaired) electrons. The Kier molecular flexibility index (Phi) is 6.17. The number of ketones is 1. The van der Waals surface area contributed by atoms with Crippen molar-refractivity contribution in [2.45, 2.75) is 39.2 Å². The first kappa shape index (κ1) is 19.0. The second-order valence-corrected chi connectivity index (χ2v) is 7.14. The number of piperidine rings is 1. The van der Waals surface area contributed by atoms with Gasteiger partial charge in [0.25, 0.3) is 0 Å². The van der Waals surface area contributed by atoms with Crippen molar-refractivity contribution in [2.24, 2.45) is 5.92 Å². The van der Waals surface area contributed by atoms with E-state index in [-0.39, 0.29) is 30.4 Å². The highest BCUT2D eigenvalue weighted by Crippen LogP contribution is 2.21. The number of carbonyl (C=O) groups excluding carboxylic acids is 3. The highest BCUT2D eigenvalue weighted by molar-refractivity contribution is 5.97. The molecule has 6 nitrogen and oxygen atoms in total. The van der Waals surface area contributed by atoms with E-state index in [1.54, 1.807) is 29.2 Å². The topological polar surface area (TPSA) is 72.9 Å². The highest BCUT2D eigenvalue weighted by atomic mass is 16.6. The Morgan fingerprint density at radius 3 is 2.24 bits per heavy atom. The maximum atomic E-state index is 12.1. The van der Waals surface area contributed by atoms with Gasteiger partial charge in [-0.3, -0.25) is 9.59 Å². The van der Waals surface area contributed by atoms with Crippen LogP contribution in [0, 0.1) is 5.92 Å². The average molecular weight is 347 g/mol. The van der Waals surface area contributed by atoms with Crippen molar-refractivity contribution in [3.63, 3.8) is 0 Å². The van der Waals surface area contributed by atoms with E-state index in [0.29, 0.717) is 31.5 Å². The van der Waals surface area contributed by atoms with Crippen LogP contribution < -0.4 is 0 Å². The molecule has 1 saturated heterocycles. The van der Waals surface area contributed by atoms with E-state index in [9.17, 15) is 14.4 Å². The lowest BCUT2D eigenvalue weighted by molar-refractivity contribution is -0.149. The maximum absolute atomic E-state index is 12.1. The van der Waals surface area contributed by atoms with Gasteiger partial charge in [-0.05, 0) is 33.6 Å². The first-order chi connectivity index (χ1) is 11.8. The fourth-order valence-electron chi connectivity index (χ4n) is 2.59. The van der Waals surface area contributed by atoms with Crippen molar-refractivity contribution in [1.29, 1.82) is 0 Å². The van der Waals surface area contributed by atoms with Gasteiger partial charge in [0, 0.05) is 18.7 Å². The third kappa shape index (κ3) is 5.89. The maximum Gasteiger partial charge on any atom is 0.410 e. The molecule has 1 amide bonds. The molecule has 1 heterocycles. The molecule has 0 atom stereocenters. The van der Waals surface area contributed by atoms with E-state index in [2.05, 4.69) is 0 Å². The molecule has 1 aliphatic heterocycles. The summed E-state index contributed by atoms with van der Waals surface area (Å²) >= 11 is 0. The molecule has 0 unspecified atom stereocenters. The summed E-state index contributed by atoms with van der Waals surface area (Å²) in [5.41, 5.74) is -0.0139. The molecule has 0 spiro atoms. The monoisotopic (exact) mass is 347 g/mol. The number of ether oxygens (including phenoxy) is 2. The first-order valence-electron chi connectivity index (χ1n) is 8.49. The van der Waals surface area contributed by atoms with Gasteiger partial charge in [0.2, 0.25) is 0 Å². The summed E-state index contributed by atoms with van der Waals surface area (Å²) in [5, 5.41) is 0. The summed E-state index contributed by atoms with van der Waals surface area (Å²) in [6, 6.07) is 8.73. The minimum Gasteiger partial charge on any atom is -0.457 e. The van der Waals surface area contributed by atoms with Crippen molar-refractivity contribution in [3.05, 3.63) is 35.9 Å².